The first-order valence-electron chi connectivity index (χ1n) is 8.48. The van der Waals surface area contributed by atoms with Gasteiger partial charge in [-0.15, -0.1) is 0 Å². The molecule has 3 aromatic rings. The Hall–Kier alpha value is -3.61. The molecule has 0 saturated carbocycles. The van der Waals surface area contributed by atoms with E-state index in [1.165, 1.54) is 24.3 Å². The fourth-order valence-corrected chi connectivity index (χ4v) is 2.62. The summed E-state index contributed by atoms with van der Waals surface area (Å²) >= 11 is 0. The third kappa shape index (κ3) is 5.18. The number of non-ortho nitro benzene ring substituents is 1. The van der Waals surface area contributed by atoms with Crippen LogP contribution in [0.2, 0.25) is 0 Å². The molecule has 2 aromatic carbocycles. The van der Waals surface area contributed by atoms with Crippen LogP contribution in [0.5, 0.6) is 0 Å². The van der Waals surface area contributed by atoms with Crippen molar-refractivity contribution in [2.24, 2.45) is 0 Å². The van der Waals surface area contributed by atoms with Crippen molar-refractivity contribution >= 4 is 17.4 Å². The van der Waals surface area contributed by atoms with Crippen LogP contribution in [0, 0.1) is 10.1 Å². The summed E-state index contributed by atoms with van der Waals surface area (Å²) in [5.41, 5.74) is 1.60. The molecule has 1 N–H and O–H groups in total. The van der Waals surface area contributed by atoms with E-state index < -0.39 is 4.92 Å². The number of hydrogen-bond donors (Lipinski definition) is 1. The van der Waals surface area contributed by atoms with Gasteiger partial charge in [-0.3, -0.25) is 10.1 Å². The van der Waals surface area contributed by atoms with E-state index in [4.69, 9.17) is 4.42 Å². The third-order valence-corrected chi connectivity index (χ3v) is 4.06. The van der Waals surface area contributed by atoms with E-state index in [0.29, 0.717) is 31.0 Å². The highest BCUT2D eigenvalue weighted by Crippen LogP contribution is 2.17. The molecule has 0 fully saturated rings. The number of hydrogen-bond acceptors (Lipinski definition) is 4. The minimum absolute atomic E-state index is 0.0236. The second-order valence-electron chi connectivity index (χ2n) is 5.97. The number of nitrogens with one attached hydrogen (secondary N) is 1. The maximum atomic E-state index is 12.7. The monoisotopic (exact) mass is 365 g/mol. The molecule has 0 saturated heterocycles. The number of nitro benzene ring substituents is 1. The quantitative estimate of drug-likeness (QED) is 0.494. The van der Waals surface area contributed by atoms with Crippen LogP contribution in [0.25, 0.3) is 0 Å². The van der Waals surface area contributed by atoms with Crippen LogP contribution in [0.15, 0.2) is 77.4 Å². The minimum atomic E-state index is -0.478. The Labute approximate surface area is 156 Å². The fraction of sp³-hybridized carbons (Fsp3) is 0.150. The molecule has 0 bridgehead atoms. The van der Waals surface area contributed by atoms with Crippen LogP contribution in [0.3, 0.4) is 0 Å². The van der Waals surface area contributed by atoms with Gasteiger partial charge in [0.15, 0.2) is 0 Å². The molecule has 27 heavy (non-hydrogen) atoms. The predicted molar refractivity (Wildman–Crippen MR) is 101 cm³/mol. The Morgan fingerprint density at radius 3 is 2.41 bits per heavy atom. The van der Waals surface area contributed by atoms with Crippen molar-refractivity contribution in [1.29, 1.82) is 0 Å². The molecule has 7 nitrogen and oxygen atoms in total. The lowest BCUT2D eigenvalue weighted by atomic mass is 10.1. The Bertz CT molecular complexity index is 877. The van der Waals surface area contributed by atoms with E-state index >= 15 is 0 Å². The zero-order valence-electron chi connectivity index (χ0n) is 14.6. The van der Waals surface area contributed by atoms with Gasteiger partial charge in [-0.1, -0.05) is 30.3 Å². The van der Waals surface area contributed by atoms with Gasteiger partial charge in [0, 0.05) is 24.4 Å². The second-order valence-corrected chi connectivity index (χ2v) is 5.97. The summed E-state index contributed by atoms with van der Waals surface area (Å²) in [6.45, 7) is 0.835. The second kappa shape index (κ2) is 8.66. The van der Waals surface area contributed by atoms with Crippen LogP contribution in [0.1, 0.15) is 11.3 Å². The Morgan fingerprint density at radius 2 is 1.78 bits per heavy atom. The highest BCUT2D eigenvalue weighted by atomic mass is 16.6. The number of urea groups is 1. The van der Waals surface area contributed by atoms with Crippen LogP contribution < -0.4 is 5.32 Å². The number of amides is 2. The maximum absolute atomic E-state index is 12.7. The first-order chi connectivity index (χ1) is 13.1. The number of benzene rings is 2. The summed E-state index contributed by atoms with van der Waals surface area (Å²) in [5.74, 6) is 0.682. The Kier molecular flexibility index (Phi) is 5.84. The molecule has 0 radical (unpaired) electrons. The van der Waals surface area contributed by atoms with Crippen LogP contribution in [0.4, 0.5) is 16.2 Å². The maximum Gasteiger partial charge on any atom is 0.322 e. The van der Waals surface area contributed by atoms with Gasteiger partial charge in [-0.05, 0) is 36.2 Å². The summed E-state index contributed by atoms with van der Waals surface area (Å²) in [7, 11) is 0. The number of carbonyl (C=O) groups excluding carboxylic acids is 1. The number of carbonyl (C=O) groups is 1. The lowest BCUT2D eigenvalue weighted by molar-refractivity contribution is -0.384. The van der Waals surface area contributed by atoms with Gasteiger partial charge in [0.05, 0.1) is 17.7 Å². The Balaban J connectivity index is 1.68. The molecule has 0 atom stereocenters. The van der Waals surface area contributed by atoms with E-state index in [1.54, 1.807) is 17.2 Å². The summed E-state index contributed by atoms with van der Waals surface area (Å²) in [4.78, 5) is 24.6. The van der Waals surface area contributed by atoms with Gasteiger partial charge >= 0.3 is 6.03 Å². The highest BCUT2D eigenvalue weighted by Gasteiger charge is 2.16. The summed E-state index contributed by atoms with van der Waals surface area (Å²) in [5, 5.41) is 13.5. The fourth-order valence-electron chi connectivity index (χ4n) is 2.62. The number of nitro groups is 1. The first-order valence-corrected chi connectivity index (χ1v) is 8.48. The zero-order valence-corrected chi connectivity index (χ0v) is 14.6. The highest BCUT2D eigenvalue weighted by molar-refractivity contribution is 5.89. The average molecular weight is 365 g/mol. The van der Waals surface area contributed by atoms with Crippen molar-refractivity contribution in [2.75, 3.05) is 11.9 Å². The van der Waals surface area contributed by atoms with E-state index in [1.807, 2.05) is 36.4 Å². The number of anilines is 1. The molecule has 138 valence electrons. The van der Waals surface area contributed by atoms with E-state index in [-0.39, 0.29) is 11.7 Å². The molecule has 0 aliphatic rings. The molecule has 2 amide bonds. The van der Waals surface area contributed by atoms with Crippen LogP contribution in [-0.4, -0.2) is 22.4 Å². The van der Waals surface area contributed by atoms with Crippen molar-refractivity contribution in [2.45, 2.75) is 13.0 Å². The SMILES string of the molecule is O=C(Nc1ccc([N+](=O)[O-])cc1)N(CCc1ccccc1)Cc1ccco1. The number of rotatable bonds is 7. The van der Waals surface area contributed by atoms with Gasteiger partial charge in [0.25, 0.3) is 5.69 Å². The van der Waals surface area contributed by atoms with Crippen LogP contribution in [-0.2, 0) is 13.0 Å². The molecule has 1 aromatic heterocycles. The molecular weight excluding hydrogens is 346 g/mol. The van der Waals surface area contributed by atoms with Gasteiger partial charge in [-0.25, -0.2) is 4.79 Å². The number of furan rings is 1. The molecule has 3 rings (SSSR count). The van der Waals surface area contributed by atoms with Crippen molar-refractivity contribution in [1.82, 2.24) is 4.90 Å². The molecule has 7 heteroatoms. The zero-order chi connectivity index (χ0) is 19.1. The largest absolute Gasteiger partial charge is 0.467 e. The van der Waals surface area contributed by atoms with E-state index in [9.17, 15) is 14.9 Å². The molecular formula is C20H19N3O4. The van der Waals surface area contributed by atoms with Crippen molar-refractivity contribution < 1.29 is 14.1 Å². The molecule has 0 spiro atoms. The van der Waals surface area contributed by atoms with Crippen LogP contribution >= 0.6 is 0 Å². The molecule has 0 aliphatic heterocycles. The van der Waals surface area contributed by atoms with E-state index in [0.717, 1.165) is 5.56 Å². The first kappa shape index (κ1) is 18.2. The lowest BCUT2D eigenvalue weighted by Crippen LogP contribution is -2.36. The van der Waals surface area contributed by atoms with Crippen molar-refractivity contribution in [3.05, 3.63) is 94.4 Å². The van der Waals surface area contributed by atoms with Gasteiger partial charge < -0.3 is 14.6 Å². The normalized spacial score (nSPS) is 10.4. The standard InChI is InChI=1S/C20H19N3O4/c24-20(21-17-8-10-18(11-9-17)23(25)26)22(15-19-7-4-14-27-19)13-12-16-5-2-1-3-6-16/h1-11,14H,12-13,15H2,(H,21,24). The summed E-state index contributed by atoms with van der Waals surface area (Å²) < 4.78 is 5.36. The molecule has 1 heterocycles. The third-order valence-electron chi connectivity index (χ3n) is 4.06. The van der Waals surface area contributed by atoms with Gasteiger partial charge in [0.1, 0.15) is 5.76 Å². The van der Waals surface area contributed by atoms with Crippen molar-refractivity contribution in [3.63, 3.8) is 0 Å². The van der Waals surface area contributed by atoms with Gasteiger partial charge in [0.2, 0.25) is 0 Å². The molecule has 0 aliphatic carbocycles. The average Bonchev–Trinajstić information content (AvgIpc) is 3.19. The predicted octanol–water partition coefficient (Wildman–Crippen LogP) is 4.46. The van der Waals surface area contributed by atoms with Crippen molar-refractivity contribution in [3.8, 4) is 0 Å². The minimum Gasteiger partial charge on any atom is -0.467 e. The topological polar surface area (TPSA) is 88.6 Å². The lowest BCUT2D eigenvalue weighted by Gasteiger charge is -2.22. The summed E-state index contributed by atoms with van der Waals surface area (Å²) in [6.07, 6.45) is 2.27. The number of nitrogens with zero attached hydrogens (tertiary/aromatic N) is 2. The Morgan fingerprint density at radius 1 is 1.04 bits per heavy atom. The summed E-state index contributed by atoms with van der Waals surface area (Å²) in [6, 6.07) is 18.9. The smallest absolute Gasteiger partial charge is 0.322 e. The van der Waals surface area contributed by atoms with Gasteiger partial charge in [-0.2, -0.15) is 0 Å². The van der Waals surface area contributed by atoms with E-state index in [2.05, 4.69) is 5.32 Å². The molecule has 0 unspecified atom stereocenters.